The summed E-state index contributed by atoms with van der Waals surface area (Å²) in [5, 5.41) is 0. The lowest BCUT2D eigenvalue weighted by Crippen LogP contribution is -3.02. The van der Waals surface area contributed by atoms with Gasteiger partial charge < -0.3 is 20.3 Å². The smallest absolute Gasteiger partial charge is 0.0780 e. The Kier molecular flexibility index (Phi) is 23.1. The van der Waals surface area contributed by atoms with E-state index in [0.717, 1.165) is 4.48 Å². The summed E-state index contributed by atoms with van der Waals surface area (Å²) in [4.78, 5) is 1.42. The lowest BCUT2D eigenvalue weighted by atomic mass is 10.2. The van der Waals surface area contributed by atoms with Crippen LogP contribution in [0.15, 0.2) is 0 Å². The first-order valence-corrected chi connectivity index (χ1v) is 5.86. The van der Waals surface area contributed by atoms with Crippen LogP contribution in [0.2, 0.25) is 0 Å². The van der Waals surface area contributed by atoms with E-state index in [-0.39, 0.29) is 11.0 Å². The number of unbranched alkanes of at least 4 members (excludes halogenated alkanes) is 3. The van der Waals surface area contributed by atoms with Crippen molar-refractivity contribution in [3.8, 4) is 0 Å². The van der Waals surface area contributed by atoms with E-state index in [1.165, 1.54) is 37.1 Å². The molecule has 0 spiro atoms. The molecule has 0 heterocycles. The molecule has 0 rings (SSSR count). The lowest BCUT2D eigenvalue weighted by Gasteiger charge is -2.23. The van der Waals surface area contributed by atoms with Crippen LogP contribution in [-0.4, -0.2) is 64.3 Å². The fourth-order valence-corrected chi connectivity index (χ4v) is 1.01. The van der Waals surface area contributed by atoms with Crippen molar-refractivity contribution in [2.75, 3.05) is 48.8 Å². The zero-order valence-corrected chi connectivity index (χ0v) is 12.4. The standard InChI is InChI=1S/C9H22N.C3H9N.2H2O/c1-5-6-7-8-9-10(2,3)4;1-4(2)3;;/h5-9H2,1-4H3;1-3H3;2*1H2/q+1;;;/p-1. The number of nitrogens with zero attached hydrogens (tertiary/aromatic N) is 1. The molecule has 0 atom stereocenters. The van der Waals surface area contributed by atoms with Crippen molar-refractivity contribution in [3.05, 3.63) is 0 Å². The Morgan fingerprint density at radius 1 is 0.812 bits per heavy atom. The molecule has 3 N–H and O–H groups in total. The Morgan fingerprint density at radius 3 is 1.44 bits per heavy atom. The van der Waals surface area contributed by atoms with Crippen molar-refractivity contribution in [3.63, 3.8) is 0 Å². The third kappa shape index (κ3) is 48.8. The summed E-state index contributed by atoms with van der Waals surface area (Å²) >= 11 is 0. The Bertz CT molecular complexity index is 109. The van der Waals surface area contributed by atoms with Gasteiger partial charge in [-0.25, -0.2) is 0 Å². The average Bonchev–Trinajstić information content (AvgIpc) is 1.95. The molecule has 0 aliphatic heterocycles. The molecule has 0 bridgehead atoms. The SMILES string of the molecule is CCCCCC[N+](C)(C)C.C[NH+](C)C.[OH-].[OH-]. The molecule has 0 aliphatic rings. The first-order valence-electron chi connectivity index (χ1n) is 5.86. The molecule has 104 valence electrons. The molecule has 0 aromatic heterocycles. The van der Waals surface area contributed by atoms with Gasteiger partial charge in [0.1, 0.15) is 0 Å². The highest BCUT2D eigenvalue weighted by Gasteiger charge is 2.04. The number of quaternary nitrogens is 2. The van der Waals surface area contributed by atoms with Crippen LogP contribution < -0.4 is 4.90 Å². The van der Waals surface area contributed by atoms with Crippen LogP contribution in [0.3, 0.4) is 0 Å². The third-order valence-corrected chi connectivity index (χ3v) is 1.68. The van der Waals surface area contributed by atoms with Gasteiger partial charge in [0.2, 0.25) is 0 Å². The zero-order chi connectivity index (χ0) is 11.6. The Labute approximate surface area is 102 Å². The second-order valence-electron chi connectivity index (χ2n) is 5.57. The number of nitrogens with one attached hydrogen (secondary N) is 1. The molecule has 0 aromatic rings. The fraction of sp³-hybridized carbons (Fsp3) is 1.00. The van der Waals surface area contributed by atoms with Crippen LogP contribution in [0.25, 0.3) is 0 Å². The molecule has 0 amide bonds. The van der Waals surface area contributed by atoms with Gasteiger partial charge in [0.15, 0.2) is 0 Å². The molecule has 0 saturated heterocycles. The van der Waals surface area contributed by atoms with Gasteiger partial charge in [-0.1, -0.05) is 19.8 Å². The van der Waals surface area contributed by atoms with Crippen molar-refractivity contribution in [2.24, 2.45) is 0 Å². The van der Waals surface area contributed by atoms with Gasteiger partial charge in [0.25, 0.3) is 0 Å². The van der Waals surface area contributed by atoms with E-state index in [4.69, 9.17) is 0 Å². The Morgan fingerprint density at radius 2 is 1.19 bits per heavy atom. The van der Waals surface area contributed by atoms with Gasteiger partial charge in [-0.15, -0.1) is 0 Å². The second kappa shape index (κ2) is 14.8. The molecule has 0 unspecified atom stereocenters. The van der Waals surface area contributed by atoms with E-state index in [0.29, 0.717) is 0 Å². The molecule has 4 nitrogen and oxygen atoms in total. The molecule has 0 aliphatic carbocycles. The summed E-state index contributed by atoms with van der Waals surface area (Å²) in [6.07, 6.45) is 5.54. The maximum Gasteiger partial charge on any atom is 0.0780 e. The molecule has 0 aromatic carbocycles. The summed E-state index contributed by atoms with van der Waals surface area (Å²) in [6.45, 7) is 3.58. The van der Waals surface area contributed by atoms with Crippen molar-refractivity contribution in [1.82, 2.24) is 0 Å². The molecular formula is C12H34N2O2. The Balaban J connectivity index is -0.000000105. The van der Waals surface area contributed by atoms with Crippen molar-refractivity contribution < 1.29 is 20.3 Å². The summed E-state index contributed by atoms with van der Waals surface area (Å²) in [7, 11) is 13.0. The van der Waals surface area contributed by atoms with Crippen LogP contribution in [0.5, 0.6) is 0 Å². The van der Waals surface area contributed by atoms with Crippen LogP contribution in [0, 0.1) is 0 Å². The molecular weight excluding hydrogens is 204 g/mol. The summed E-state index contributed by atoms with van der Waals surface area (Å²) in [5.41, 5.74) is 0. The molecule has 0 saturated carbocycles. The van der Waals surface area contributed by atoms with Gasteiger partial charge in [-0.2, -0.15) is 0 Å². The number of rotatable bonds is 5. The highest BCUT2D eigenvalue weighted by Crippen LogP contribution is 2.01. The number of hydrogen-bond acceptors (Lipinski definition) is 2. The van der Waals surface area contributed by atoms with Crippen LogP contribution in [0.1, 0.15) is 32.6 Å². The minimum absolute atomic E-state index is 0. The van der Waals surface area contributed by atoms with Crippen molar-refractivity contribution in [1.29, 1.82) is 0 Å². The predicted octanol–water partition coefficient (Wildman–Crippen LogP) is 0.680. The highest BCUT2D eigenvalue weighted by atomic mass is 16.0. The average molecular weight is 238 g/mol. The summed E-state index contributed by atoms with van der Waals surface area (Å²) in [5.74, 6) is 0. The number of hydrogen-bond donors (Lipinski definition) is 1. The zero-order valence-electron chi connectivity index (χ0n) is 12.4. The first kappa shape index (κ1) is 24.9. The molecule has 16 heavy (non-hydrogen) atoms. The van der Waals surface area contributed by atoms with Gasteiger partial charge in [-0.3, -0.25) is 0 Å². The van der Waals surface area contributed by atoms with Crippen molar-refractivity contribution >= 4 is 0 Å². The Hall–Kier alpha value is -0.160. The topological polar surface area (TPSA) is 64.4 Å². The van der Waals surface area contributed by atoms with E-state index in [1.807, 2.05) is 0 Å². The normalized spacial score (nSPS) is 9.75. The van der Waals surface area contributed by atoms with Gasteiger partial charge >= 0.3 is 0 Å². The predicted molar refractivity (Wildman–Crippen MR) is 69.6 cm³/mol. The monoisotopic (exact) mass is 238 g/mol. The minimum atomic E-state index is 0. The van der Waals surface area contributed by atoms with Crippen LogP contribution in [0.4, 0.5) is 0 Å². The van der Waals surface area contributed by atoms with E-state index in [9.17, 15) is 0 Å². The van der Waals surface area contributed by atoms with Crippen LogP contribution >= 0.6 is 0 Å². The first-order chi connectivity index (χ1) is 6.29. The quantitative estimate of drug-likeness (QED) is 0.565. The van der Waals surface area contributed by atoms with E-state index < -0.39 is 0 Å². The van der Waals surface area contributed by atoms with Gasteiger partial charge in [-0.05, 0) is 12.8 Å². The molecule has 4 heteroatoms. The summed E-state index contributed by atoms with van der Waals surface area (Å²) in [6, 6.07) is 0. The van der Waals surface area contributed by atoms with E-state index in [1.54, 1.807) is 0 Å². The molecule has 0 radical (unpaired) electrons. The lowest BCUT2D eigenvalue weighted by molar-refractivity contribution is -0.870. The fourth-order valence-electron chi connectivity index (χ4n) is 1.01. The maximum atomic E-state index is 2.26. The third-order valence-electron chi connectivity index (χ3n) is 1.68. The van der Waals surface area contributed by atoms with Gasteiger partial charge in [0.05, 0.1) is 48.8 Å². The van der Waals surface area contributed by atoms with Gasteiger partial charge in [0, 0.05) is 0 Å². The van der Waals surface area contributed by atoms with Crippen LogP contribution in [-0.2, 0) is 0 Å². The summed E-state index contributed by atoms with van der Waals surface area (Å²) < 4.78 is 1.11. The van der Waals surface area contributed by atoms with Crippen molar-refractivity contribution in [2.45, 2.75) is 32.6 Å². The highest BCUT2D eigenvalue weighted by molar-refractivity contribution is 4.38. The largest absolute Gasteiger partial charge is 0.870 e. The molecule has 0 fully saturated rings. The second-order valence-corrected chi connectivity index (χ2v) is 5.57. The van der Waals surface area contributed by atoms with E-state index in [2.05, 4.69) is 49.2 Å². The van der Waals surface area contributed by atoms with E-state index >= 15 is 0 Å². The minimum Gasteiger partial charge on any atom is -0.870 e. The maximum absolute atomic E-state index is 2.26.